The molecule has 0 atom stereocenters. The summed E-state index contributed by atoms with van der Waals surface area (Å²) in [5.74, 6) is 0.705. The number of anilines is 1. The number of benzene rings is 2. The van der Waals surface area contributed by atoms with Gasteiger partial charge in [-0.1, -0.05) is 45.9 Å². The second-order valence-electron chi connectivity index (χ2n) is 7.44. The van der Waals surface area contributed by atoms with E-state index in [2.05, 4.69) is 23.9 Å². The smallest absolute Gasteiger partial charge is 0.240 e. The van der Waals surface area contributed by atoms with Crippen molar-refractivity contribution in [2.75, 3.05) is 24.7 Å². The Kier molecular flexibility index (Phi) is 8.76. The number of nitrogens with one attached hydrogen (secondary N) is 2. The fourth-order valence-electron chi connectivity index (χ4n) is 2.74. The molecular formula is C22H30N2O4S2. The molecule has 0 radical (unpaired) electrons. The van der Waals surface area contributed by atoms with Crippen molar-refractivity contribution in [3.05, 3.63) is 48.0 Å². The van der Waals surface area contributed by atoms with Crippen molar-refractivity contribution >= 4 is 33.4 Å². The van der Waals surface area contributed by atoms with Gasteiger partial charge in [-0.2, -0.15) is 0 Å². The zero-order chi connectivity index (χ0) is 22.3. The van der Waals surface area contributed by atoms with Gasteiger partial charge in [0.1, 0.15) is 12.4 Å². The topological polar surface area (TPSA) is 84.5 Å². The van der Waals surface area contributed by atoms with Crippen molar-refractivity contribution in [3.63, 3.8) is 0 Å². The lowest BCUT2D eigenvalue weighted by Crippen LogP contribution is -2.28. The molecule has 1 amide bonds. The van der Waals surface area contributed by atoms with E-state index in [1.54, 1.807) is 19.9 Å². The van der Waals surface area contributed by atoms with Crippen LogP contribution >= 0.6 is 11.8 Å². The van der Waals surface area contributed by atoms with Gasteiger partial charge in [0.15, 0.2) is 0 Å². The third kappa shape index (κ3) is 6.48. The molecular weight excluding hydrogens is 420 g/mol. The maximum Gasteiger partial charge on any atom is 0.240 e. The van der Waals surface area contributed by atoms with E-state index >= 15 is 0 Å². The molecule has 164 valence electrons. The van der Waals surface area contributed by atoms with Crippen LogP contribution in [0.5, 0.6) is 5.75 Å². The molecule has 0 bridgehead atoms. The van der Waals surface area contributed by atoms with Crippen LogP contribution in [0.2, 0.25) is 0 Å². The van der Waals surface area contributed by atoms with Crippen LogP contribution in [-0.2, 0) is 14.8 Å². The monoisotopic (exact) mass is 450 g/mol. The summed E-state index contributed by atoms with van der Waals surface area (Å²) >= 11 is 1.44. The van der Waals surface area contributed by atoms with Gasteiger partial charge in [0, 0.05) is 17.4 Å². The minimum absolute atomic E-state index is 0.0990. The van der Waals surface area contributed by atoms with E-state index in [9.17, 15) is 13.2 Å². The summed E-state index contributed by atoms with van der Waals surface area (Å²) in [7, 11) is -3.74. The van der Waals surface area contributed by atoms with Crippen LogP contribution in [0, 0.1) is 5.92 Å². The predicted molar refractivity (Wildman–Crippen MR) is 123 cm³/mol. The average Bonchev–Trinajstić information content (AvgIpc) is 2.71. The van der Waals surface area contributed by atoms with Gasteiger partial charge >= 0.3 is 0 Å². The molecule has 0 spiro atoms. The zero-order valence-corrected chi connectivity index (χ0v) is 19.7. The number of thioether (sulfide) groups is 1. The molecule has 2 aromatic rings. The second-order valence-corrected chi connectivity index (χ2v) is 10.1. The Hall–Kier alpha value is -2.03. The van der Waals surface area contributed by atoms with E-state index in [1.165, 1.54) is 23.9 Å². The molecule has 0 aliphatic rings. The summed E-state index contributed by atoms with van der Waals surface area (Å²) in [6, 6.07) is 12.5. The van der Waals surface area contributed by atoms with Crippen molar-refractivity contribution in [2.24, 2.45) is 5.92 Å². The number of hydrogen-bond donors (Lipinski definition) is 2. The number of amides is 1. The Labute approximate surface area is 183 Å². The van der Waals surface area contributed by atoms with E-state index in [-0.39, 0.29) is 29.9 Å². The molecule has 2 N–H and O–H groups in total. The highest BCUT2D eigenvalue weighted by Crippen LogP contribution is 2.29. The Morgan fingerprint density at radius 3 is 2.43 bits per heavy atom. The van der Waals surface area contributed by atoms with Gasteiger partial charge in [0.2, 0.25) is 15.9 Å². The first-order valence-electron chi connectivity index (χ1n) is 9.86. The Balaban J connectivity index is 2.06. The van der Waals surface area contributed by atoms with Crippen molar-refractivity contribution in [1.82, 2.24) is 4.72 Å². The molecule has 0 saturated carbocycles. The Morgan fingerprint density at radius 1 is 1.10 bits per heavy atom. The first-order chi connectivity index (χ1) is 14.2. The van der Waals surface area contributed by atoms with Crippen LogP contribution < -0.4 is 14.8 Å². The lowest BCUT2D eigenvalue weighted by molar-refractivity contribution is -0.118. The fraction of sp³-hybridized carbons (Fsp3) is 0.409. The number of ether oxygens (including phenoxy) is 1. The number of rotatable bonds is 10. The molecule has 0 saturated heterocycles. The van der Waals surface area contributed by atoms with Crippen LogP contribution in [0.15, 0.2) is 52.3 Å². The highest BCUT2D eigenvalue weighted by atomic mass is 32.2. The fourth-order valence-corrected chi connectivity index (χ4v) is 4.31. The van der Waals surface area contributed by atoms with Crippen molar-refractivity contribution < 1.29 is 17.9 Å². The summed E-state index contributed by atoms with van der Waals surface area (Å²) in [4.78, 5) is 13.0. The van der Waals surface area contributed by atoms with Gasteiger partial charge in [0.25, 0.3) is 0 Å². The standard InChI is InChI=1S/C22H30N2O4S2/c1-15(2)18-8-6-7-9-20(18)28-13-12-23-30(26,27)17-10-11-21(29-5)19(14-17)24-22(25)16(3)4/h6-11,14-16,23H,12-13H2,1-5H3,(H,24,25). The molecule has 0 fully saturated rings. The molecule has 8 heteroatoms. The zero-order valence-electron chi connectivity index (χ0n) is 18.1. The summed E-state index contributed by atoms with van der Waals surface area (Å²) in [6.07, 6.45) is 1.87. The first kappa shape index (κ1) is 24.2. The van der Waals surface area contributed by atoms with Gasteiger partial charge in [-0.05, 0) is 42.0 Å². The van der Waals surface area contributed by atoms with Crippen LogP contribution in [0.3, 0.4) is 0 Å². The molecule has 0 heterocycles. The van der Waals surface area contributed by atoms with Crippen LogP contribution in [0.4, 0.5) is 5.69 Å². The first-order valence-corrected chi connectivity index (χ1v) is 12.6. The predicted octanol–water partition coefficient (Wildman–Crippen LogP) is 4.48. The van der Waals surface area contributed by atoms with E-state index in [1.807, 2.05) is 30.5 Å². The molecule has 0 unspecified atom stereocenters. The molecule has 0 aromatic heterocycles. The lowest BCUT2D eigenvalue weighted by Gasteiger charge is -2.15. The van der Waals surface area contributed by atoms with Gasteiger partial charge < -0.3 is 10.1 Å². The normalized spacial score (nSPS) is 11.7. The lowest BCUT2D eigenvalue weighted by atomic mass is 10.0. The second kappa shape index (κ2) is 10.8. The summed E-state index contributed by atoms with van der Waals surface area (Å²) < 4.78 is 33.8. The molecule has 2 rings (SSSR count). The van der Waals surface area contributed by atoms with Crippen molar-refractivity contribution in [1.29, 1.82) is 0 Å². The molecule has 2 aromatic carbocycles. The third-order valence-corrected chi connectivity index (χ3v) is 6.71. The SMILES string of the molecule is CSc1ccc(S(=O)(=O)NCCOc2ccccc2C(C)C)cc1NC(=O)C(C)C. The number of para-hydroxylation sites is 1. The average molecular weight is 451 g/mol. The van der Waals surface area contributed by atoms with Gasteiger partial charge in [-0.3, -0.25) is 4.79 Å². The highest BCUT2D eigenvalue weighted by molar-refractivity contribution is 7.98. The van der Waals surface area contributed by atoms with E-state index < -0.39 is 10.0 Å². The number of hydrogen-bond acceptors (Lipinski definition) is 5. The molecule has 0 aliphatic carbocycles. The van der Waals surface area contributed by atoms with E-state index in [0.717, 1.165) is 16.2 Å². The van der Waals surface area contributed by atoms with Gasteiger partial charge in [0.05, 0.1) is 10.6 Å². The Bertz CT molecular complexity index is 973. The summed E-state index contributed by atoms with van der Waals surface area (Å²) in [5.41, 5.74) is 1.57. The van der Waals surface area contributed by atoms with E-state index in [0.29, 0.717) is 11.6 Å². The molecule has 0 aliphatic heterocycles. The minimum Gasteiger partial charge on any atom is -0.492 e. The number of carbonyl (C=O) groups excluding carboxylic acids is 1. The largest absolute Gasteiger partial charge is 0.492 e. The Morgan fingerprint density at radius 2 is 1.80 bits per heavy atom. The minimum atomic E-state index is -3.74. The van der Waals surface area contributed by atoms with Crippen LogP contribution in [0.25, 0.3) is 0 Å². The van der Waals surface area contributed by atoms with Crippen molar-refractivity contribution in [3.8, 4) is 5.75 Å². The van der Waals surface area contributed by atoms with Gasteiger partial charge in [-0.25, -0.2) is 13.1 Å². The van der Waals surface area contributed by atoms with E-state index in [4.69, 9.17) is 4.74 Å². The van der Waals surface area contributed by atoms with Crippen molar-refractivity contribution in [2.45, 2.75) is 43.4 Å². The highest BCUT2D eigenvalue weighted by Gasteiger charge is 2.18. The quantitative estimate of drug-likeness (QED) is 0.412. The maximum atomic E-state index is 12.7. The number of carbonyl (C=O) groups is 1. The van der Waals surface area contributed by atoms with Gasteiger partial charge in [-0.15, -0.1) is 11.8 Å². The molecule has 6 nitrogen and oxygen atoms in total. The maximum absolute atomic E-state index is 12.7. The summed E-state index contributed by atoms with van der Waals surface area (Å²) in [5, 5.41) is 2.80. The summed E-state index contributed by atoms with van der Waals surface area (Å²) in [6.45, 7) is 8.08. The molecule has 30 heavy (non-hydrogen) atoms. The third-order valence-electron chi connectivity index (χ3n) is 4.46. The van der Waals surface area contributed by atoms with Crippen LogP contribution in [0.1, 0.15) is 39.2 Å². The number of sulfonamides is 1. The van der Waals surface area contributed by atoms with Crippen LogP contribution in [-0.4, -0.2) is 33.7 Å².